The van der Waals surface area contributed by atoms with Gasteiger partial charge in [0, 0.05) is 15.1 Å². The van der Waals surface area contributed by atoms with Crippen LogP contribution in [0.15, 0.2) is 41.5 Å². The van der Waals surface area contributed by atoms with Crippen molar-refractivity contribution in [3.8, 4) is 0 Å². The van der Waals surface area contributed by atoms with Crippen LogP contribution < -0.4 is 10.9 Å². The van der Waals surface area contributed by atoms with E-state index in [1.807, 2.05) is 0 Å². The minimum Gasteiger partial charge on any atom is -0.348 e. The molecule has 0 bridgehead atoms. The van der Waals surface area contributed by atoms with E-state index in [4.69, 9.17) is 46.4 Å². The number of carbonyl (C=O) groups is 1. The van der Waals surface area contributed by atoms with E-state index in [0.717, 1.165) is 5.56 Å². The smallest absolute Gasteiger partial charge is 0.261 e. The topological polar surface area (TPSA) is 64.0 Å². The predicted octanol–water partition coefficient (Wildman–Crippen LogP) is 4.89. The number of halogens is 4. The number of rotatable bonds is 4. The van der Waals surface area contributed by atoms with E-state index in [-0.39, 0.29) is 28.9 Å². The Balaban J connectivity index is 1.82. The molecule has 0 spiro atoms. The van der Waals surface area contributed by atoms with E-state index in [0.29, 0.717) is 20.6 Å². The maximum absolute atomic E-state index is 12.6. The third-order valence-electron chi connectivity index (χ3n) is 3.97. The fourth-order valence-corrected chi connectivity index (χ4v) is 3.79. The molecular formula is C18H13Cl4N3O2. The largest absolute Gasteiger partial charge is 0.348 e. The second-order valence-corrected chi connectivity index (χ2v) is 7.60. The molecule has 1 unspecified atom stereocenters. The number of aromatic nitrogens is 2. The first kappa shape index (κ1) is 20.0. The van der Waals surface area contributed by atoms with Gasteiger partial charge in [-0.25, -0.2) is 4.98 Å². The van der Waals surface area contributed by atoms with E-state index >= 15 is 0 Å². The second kappa shape index (κ2) is 8.07. The number of nitrogens with one attached hydrogen (secondary N) is 1. The van der Waals surface area contributed by atoms with Crippen LogP contribution in [0.4, 0.5) is 0 Å². The van der Waals surface area contributed by atoms with E-state index in [2.05, 4.69) is 10.3 Å². The molecule has 1 aromatic heterocycles. The third-order valence-corrected chi connectivity index (χ3v) is 5.03. The van der Waals surface area contributed by atoms with Gasteiger partial charge in [-0.3, -0.25) is 14.2 Å². The van der Waals surface area contributed by atoms with Crippen molar-refractivity contribution in [2.75, 3.05) is 0 Å². The van der Waals surface area contributed by atoms with Crippen molar-refractivity contribution in [1.82, 2.24) is 14.9 Å². The molecule has 0 saturated carbocycles. The molecule has 3 rings (SSSR count). The number of nitrogens with zero attached hydrogens (tertiary/aromatic N) is 2. The van der Waals surface area contributed by atoms with Gasteiger partial charge in [0.05, 0.1) is 28.3 Å². The summed E-state index contributed by atoms with van der Waals surface area (Å²) in [5, 5.41) is 4.59. The highest BCUT2D eigenvalue weighted by molar-refractivity contribution is 6.38. The SMILES string of the molecule is CC(NC(=O)Cn1cnc2c(Cl)cc(Cl)cc2c1=O)c1ccc(Cl)cc1Cl. The highest BCUT2D eigenvalue weighted by Crippen LogP contribution is 2.26. The molecule has 1 N–H and O–H groups in total. The molecule has 1 amide bonds. The van der Waals surface area contributed by atoms with Gasteiger partial charge >= 0.3 is 0 Å². The molecule has 1 atom stereocenters. The van der Waals surface area contributed by atoms with Crippen molar-refractivity contribution in [1.29, 1.82) is 0 Å². The first-order valence-corrected chi connectivity index (χ1v) is 9.36. The lowest BCUT2D eigenvalue weighted by Gasteiger charge is -2.16. The summed E-state index contributed by atoms with van der Waals surface area (Å²) >= 11 is 24.1. The van der Waals surface area contributed by atoms with Gasteiger partial charge in [-0.15, -0.1) is 0 Å². The van der Waals surface area contributed by atoms with Crippen LogP contribution in [0, 0.1) is 0 Å². The summed E-state index contributed by atoms with van der Waals surface area (Å²) in [5.74, 6) is -0.370. The van der Waals surface area contributed by atoms with Crippen LogP contribution in [-0.2, 0) is 11.3 Å². The predicted molar refractivity (Wildman–Crippen MR) is 109 cm³/mol. The summed E-state index contributed by atoms with van der Waals surface area (Å²) < 4.78 is 1.19. The summed E-state index contributed by atoms with van der Waals surface area (Å²) in [4.78, 5) is 29.1. The van der Waals surface area contributed by atoms with Crippen molar-refractivity contribution in [2.24, 2.45) is 0 Å². The average molecular weight is 445 g/mol. The van der Waals surface area contributed by atoms with Crippen molar-refractivity contribution in [3.05, 3.63) is 72.7 Å². The zero-order chi connectivity index (χ0) is 19.7. The maximum Gasteiger partial charge on any atom is 0.261 e. The summed E-state index contributed by atoms with van der Waals surface area (Å²) in [7, 11) is 0. The van der Waals surface area contributed by atoms with Crippen molar-refractivity contribution >= 4 is 63.2 Å². The Morgan fingerprint density at radius 3 is 2.52 bits per heavy atom. The lowest BCUT2D eigenvalue weighted by molar-refractivity contribution is -0.122. The number of fused-ring (bicyclic) bond motifs is 1. The Bertz CT molecular complexity index is 1100. The fourth-order valence-electron chi connectivity index (χ4n) is 2.68. The van der Waals surface area contributed by atoms with Crippen molar-refractivity contribution < 1.29 is 4.79 Å². The minimum atomic E-state index is -0.406. The highest BCUT2D eigenvalue weighted by atomic mass is 35.5. The molecule has 9 heteroatoms. The third kappa shape index (κ3) is 4.38. The molecule has 0 saturated heterocycles. The first-order chi connectivity index (χ1) is 12.8. The molecular weight excluding hydrogens is 432 g/mol. The molecule has 0 radical (unpaired) electrons. The van der Waals surface area contributed by atoms with Gasteiger partial charge in [-0.1, -0.05) is 52.5 Å². The monoisotopic (exact) mass is 443 g/mol. The number of hydrogen-bond acceptors (Lipinski definition) is 3. The Morgan fingerprint density at radius 1 is 1.11 bits per heavy atom. The summed E-state index contributed by atoms with van der Waals surface area (Å²) in [5.41, 5.74) is 0.651. The molecule has 1 heterocycles. The number of benzene rings is 2. The van der Waals surface area contributed by atoms with Crippen LogP contribution >= 0.6 is 46.4 Å². The van der Waals surface area contributed by atoms with Gasteiger partial charge in [-0.2, -0.15) is 0 Å². The quantitative estimate of drug-likeness (QED) is 0.623. The molecule has 0 fully saturated rings. The van der Waals surface area contributed by atoms with Gasteiger partial charge < -0.3 is 5.32 Å². The second-order valence-electron chi connectivity index (χ2n) is 5.92. The Morgan fingerprint density at radius 2 is 1.81 bits per heavy atom. The Labute approximate surface area is 174 Å². The molecule has 27 heavy (non-hydrogen) atoms. The summed E-state index contributed by atoms with van der Waals surface area (Å²) in [6, 6.07) is 7.65. The van der Waals surface area contributed by atoms with Crippen LogP contribution in [0.25, 0.3) is 10.9 Å². The minimum absolute atomic E-state index is 0.207. The van der Waals surface area contributed by atoms with Crippen molar-refractivity contribution in [3.63, 3.8) is 0 Å². The highest BCUT2D eigenvalue weighted by Gasteiger charge is 2.15. The van der Waals surface area contributed by atoms with Crippen LogP contribution in [-0.4, -0.2) is 15.5 Å². The normalized spacial score (nSPS) is 12.2. The zero-order valence-electron chi connectivity index (χ0n) is 14.0. The van der Waals surface area contributed by atoms with Gasteiger partial charge in [0.1, 0.15) is 6.54 Å². The number of hydrogen-bond donors (Lipinski definition) is 1. The molecule has 0 aliphatic heterocycles. The van der Waals surface area contributed by atoms with E-state index < -0.39 is 5.56 Å². The van der Waals surface area contributed by atoms with Crippen LogP contribution in [0.1, 0.15) is 18.5 Å². The van der Waals surface area contributed by atoms with E-state index in [1.54, 1.807) is 25.1 Å². The van der Waals surface area contributed by atoms with E-state index in [9.17, 15) is 9.59 Å². The molecule has 3 aromatic rings. The molecule has 0 aliphatic rings. The number of carbonyl (C=O) groups excluding carboxylic acids is 1. The van der Waals surface area contributed by atoms with Gasteiger partial charge in [-0.05, 0) is 36.8 Å². The molecule has 5 nitrogen and oxygen atoms in total. The summed E-state index contributed by atoms with van der Waals surface area (Å²) in [6.07, 6.45) is 1.28. The fraction of sp³-hybridized carbons (Fsp3) is 0.167. The number of amides is 1. The lowest BCUT2D eigenvalue weighted by atomic mass is 10.1. The van der Waals surface area contributed by atoms with Gasteiger partial charge in [0.2, 0.25) is 5.91 Å². The molecule has 2 aromatic carbocycles. The lowest BCUT2D eigenvalue weighted by Crippen LogP contribution is -2.34. The Kier molecular flexibility index (Phi) is 5.96. The zero-order valence-corrected chi connectivity index (χ0v) is 17.0. The standard InChI is InChI=1S/C18H13Cl4N3O2/c1-9(12-3-2-10(19)5-14(12)21)24-16(26)7-25-8-23-17-13(18(25)27)4-11(20)6-15(17)22/h2-6,8-9H,7H2,1H3,(H,24,26). The van der Waals surface area contributed by atoms with Crippen molar-refractivity contribution in [2.45, 2.75) is 19.5 Å². The van der Waals surface area contributed by atoms with Gasteiger partial charge in [0.25, 0.3) is 5.56 Å². The van der Waals surface area contributed by atoms with Crippen LogP contribution in [0.2, 0.25) is 20.1 Å². The van der Waals surface area contributed by atoms with Crippen LogP contribution in [0.3, 0.4) is 0 Å². The molecule has 0 aliphatic carbocycles. The summed E-state index contributed by atoms with van der Waals surface area (Å²) in [6.45, 7) is 1.58. The molecule has 140 valence electrons. The van der Waals surface area contributed by atoms with Gasteiger partial charge in [0.15, 0.2) is 0 Å². The Hall–Kier alpha value is -1.79. The van der Waals surface area contributed by atoms with Crippen LogP contribution in [0.5, 0.6) is 0 Å². The van der Waals surface area contributed by atoms with E-state index in [1.165, 1.54) is 23.0 Å². The maximum atomic E-state index is 12.6. The average Bonchev–Trinajstić information content (AvgIpc) is 2.57. The first-order valence-electron chi connectivity index (χ1n) is 7.85.